The average Bonchev–Trinajstić information content (AvgIpc) is 3.11. The number of rotatable bonds is 7. The van der Waals surface area contributed by atoms with Crippen LogP contribution in [0.4, 0.5) is 23.2 Å². The van der Waals surface area contributed by atoms with E-state index in [0.717, 1.165) is 17.1 Å². The van der Waals surface area contributed by atoms with E-state index in [4.69, 9.17) is 4.52 Å². The number of anilines is 4. The Balaban J connectivity index is 1.40. The Morgan fingerprint density at radius 3 is 2.03 bits per heavy atom. The summed E-state index contributed by atoms with van der Waals surface area (Å²) < 4.78 is 32.6. The first-order valence-corrected chi connectivity index (χ1v) is 12.2. The van der Waals surface area contributed by atoms with Crippen LogP contribution in [-0.2, 0) is 10.0 Å². The summed E-state index contributed by atoms with van der Waals surface area (Å²) in [6, 6.07) is 14.6. The summed E-state index contributed by atoms with van der Waals surface area (Å²) in [5, 5.41) is 9.61. The molecular formula is C24H24N6O4S. The van der Waals surface area contributed by atoms with Crippen molar-refractivity contribution in [1.82, 2.24) is 15.1 Å². The molecule has 0 aliphatic rings. The molecule has 0 bridgehead atoms. The molecule has 180 valence electrons. The largest absolute Gasteiger partial charge is 0.337 e. The van der Waals surface area contributed by atoms with Gasteiger partial charge < -0.3 is 15.2 Å². The first-order chi connectivity index (χ1) is 16.6. The summed E-state index contributed by atoms with van der Waals surface area (Å²) in [5.41, 5.74) is 4.55. The summed E-state index contributed by atoms with van der Waals surface area (Å²) in [6.45, 7) is 7.22. The van der Waals surface area contributed by atoms with E-state index in [0.29, 0.717) is 28.5 Å². The number of hydrogen-bond acceptors (Lipinski definition) is 8. The zero-order valence-corrected chi connectivity index (χ0v) is 20.4. The number of carbonyl (C=O) groups is 1. The fourth-order valence-electron chi connectivity index (χ4n) is 3.23. The highest BCUT2D eigenvalue weighted by Crippen LogP contribution is 2.23. The van der Waals surface area contributed by atoms with Gasteiger partial charge in [-0.2, -0.15) is 0 Å². The number of amides is 1. The molecule has 4 rings (SSSR count). The minimum absolute atomic E-state index is 0.0213. The molecule has 2 aromatic heterocycles. The van der Waals surface area contributed by atoms with Crippen LogP contribution in [0.2, 0.25) is 0 Å². The topological polar surface area (TPSA) is 139 Å². The molecule has 11 heteroatoms. The predicted molar refractivity (Wildman–Crippen MR) is 132 cm³/mol. The quantitative estimate of drug-likeness (QED) is 0.343. The van der Waals surface area contributed by atoms with Crippen molar-refractivity contribution < 1.29 is 17.7 Å². The van der Waals surface area contributed by atoms with Crippen LogP contribution in [0.25, 0.3) is 0 Å². The number of carbonyl (C=O) groups excluding carboxylic acids is 1. The van der Waals surface area contributed by atoms with Crippen molar-refractivity contribution in [2.24, 2.45) is 0 Å². The van der Waals surface area contributed by atoms with Gasteiger partial charge >= 0.3 is 0 Å². The van der Waals surface area contributed by atoms with Crippen molar-refractivity contribution in [3.8, 4) is 0 Å². The fraction of sp³-hybridized carbons (Fsp3) is 0.167. The van der Waals surface area contributed by atoms with E-state index in [-0.39, 0.29) is 16.7 Å². The lowest BCUT2D eigenvalue weighted by atomic mass is 10.2. The monoisotopic (exact) mass is 492 g/mol. The molecule has 0 aliphatic heterocycles. The maximum atomic E-state index is 12.6. The van der Waals surface area contributed by atoms with E-state index in [1.165, 1.54) is 24.3 Å². The minimum atomic E-state index is -3.87. The van der Waals surface area contributed by atoms with Crippen molar-refractivity contribution in [1.29, 1.82) is 0 Å². The third-order valence-corrected chi connectivity index (χ3v) is 6.54. The van der Waals surface area contributed by atoms with Gasteiger partial charge in [0.2, 0.25) is 11.8 Å². The van der Waals surface area contributed by atoms with Crippen LogP contribution >= 0.6 is 0 Å². The first-order valence-electron chi connectivity index (χ1n) is 10.7. The second-order valence-electron chi connectivity index (χ2n) is 7.98. The molecule has 0 radical (unpaired) electrons. The van der Waals surface area contributed by atoms with Crippen LogP contribution in [0.15, 0.2) is 64.0 Å². The Labute approximate surface area is 202 Å². The lowest BCUT2D eigenvalue weighted by Crippen LogP contribution is -2.14. The standard InChI is InChI=1S/C24H24N6O4S/c1-14-13-15(2)26-24(25-14)28-20-7-5-18(6-8-20)22(31)27-19-9-11-21(12-10-19)35(32,33)30-23-16(3)17(4)29-34-23/h5-13,30H,1-4H3,(H,27,31)(H,25,26,28). The smallest absolute Gasteiger partial charge is 0.264 e. The zero-order valence-electron chi connectivity index (χ0n) is 19.6. The maximum absolute atomic E-state index is 12.6. The van der Waals surface area contributed by atoms with Gasteiger partial charge in [-0.15, -0.1) is 0 Å². The normalized spacial score (nSPS) is 11.2. The number of nitrogens with zero attached hydrogens (tertiary/aromatic N) is 3. The minimum Gasteiger partial charge on any atom is -0.337 e. The molecule has 0 spiro atoms. The van der Waals surface area contributed by atoms with Gasteiger partial charge in [0, 0.05) is 33.9 Å². The van der Waals surface area contributed by atoms with Gasteiger partial charge in [0.1, 0.15) is 0 Å². The number of aryl methyl sites for hydroxylation is 3. The Morgan fingerprint density at radius 2 is 1.46 bits per heavy atom. The van der Waals surface area contributed by atoms with Crippen molar-refractivity contribution in [2.75, 3.05) is 15.4 Å². The summed E-state index contributed by atoms with van der Waals surface area (Å²) in [4.78, 5) is 21.3. The van der Waals surface area contributed by atoms with Crippen molar-refractivity contribution in [2.45, 2.75) is 32.6 Å². The van der Waals surface area contributed by atoms with Crippen molar-refractivity contribution >= 4 is 39.1 Å². The van der Waals surface area contributed by atoms with E-state index >= 15 is 0 Å². The Hall–Kier alpha value is -4.25. The SMILES string of the molecule is Cc1cc(C)nc(Nc2ccc(C(=O)Nc3ccc(S(=O)(=O)Nc4onc(C)c4C)cc3)cc2)n1. The second kappa shape index (κ2) is 9.55. The molecule has 0 fully saturated rings. The van der Waals surface area contributed by atoms with Gasteiger partial charge in [-0.25, -0.2) is 23.1 Å². The summed E-state index contributed by atoms with van der Waals surface area (Å²) in [6.07, 6.45) is 0. The Bertz CT molecular complexity index is 1460. The molecule has 0 unspecified atom stereocenters. The van der Waals surface area contributed by atoms with E-state index in [9.17, 15) is 13.2 Å². The molecule has 35 heavy (non-hydrogen) atoms. The number of aromatic nitrogens is 3. The third kappa shape index (κ3) is 5.64. The van der Waals surface area contributed by atoms with Crippen LogP contribution in [-0.4, -0.2) is 29.4 Å². The zero-order chi connectivity index (χ0) is 25.2. The lowest BCUT2D eigenvalue weighted by molar-refractivity contribution is 0.102. The molecule has 10 nitrogen and oxygen atoms in total. The molecule has 0 saturated carbocycles. The van der Waals surface area contributed by atoms with Crippen LogP contribution in [0.5, 0.6) is 0 Å². The van der Waals surface area contributed by atoms with Gasteiger partial charge in [0.05, 0.1) is 10.6 Å². The third-order valence-electron chi connectivity index (χ3n) is 5.19. The highest BCUT2D eigenvalue weighted by atomic mass is 32.2. The molecular weight excluding hydrogens is 468 g/mol. The molecule has 0 aliphatic carbocycles. The van der Waals surface area contributed by atoms with Crippen LogP contribution in [0.1, 0.15) is 33.0 Å². The molecule has 0 atom stereocenters. The highest BCUT2D eigenvalue weighted by molar-refractivity contribution is 7.92. The van der Waals surface area contributed by atoms with Crippen LogP contribution < -0.4 is 15.4 Å². The maximum Gasteiger partial charge on any atom is 0.264 e. The van der Waals surface area contributed by atoms with E-state index in [1.54, 1.807) is 38.1 Å². The van der Waals surface area contributed by atoms with E-state index in [1.807, 2.05) is 19.9 Å². The summed E-state index contributed by atoms with van der Waals surface area (Å²) >= 11 is 0. The Kier molecular flexibility index (Phi) is 6.52. The number of sulfonamides is 1. The van der Waals surface area contributed by atoms with Crippen LogP contribution in [0.3, 0.4) is 0 Å². The molecule has 4 aromatic rings. The molecule has 3 N–H and O–H groups in total. The van der Waals surface area contributed by atoms with Crippen molar-refractivity contribution in [3.63, 3.8) is 0 Å². The summed E-state index contributed by atoms with van der Waals surface area (Å²) in [7, 11) is -3.87. The summed E-state index contributed by atoms with van der Waals surface area (Å²) in [5.74, 6) is 0.223. The lowest BCUT2D eigenvalue weighted by Gasteiger charge is -2.09. The van der Waals surface area contributed by atoms with Crippen LogP contribution in [0, 0.1) is 27.7 Å². The second-order valence-corrected chi connectivity index (χ2v) is 9.67. The predicted octanol–water partition coefficient (Wildman–Crippen LogP) is 4.49. The van der Waals surface area contributed by atoms with E-state index < -0.39 is 10.0 Å². The molecule has 2 heterocycles. The van der Waals surface area contributed by atoms with Gasteiger partial charge in [-0.1, -0.05) is 5.16 Å². The average molecular weight is 493 g/mol. The van der Waals surface area contributed by atoms with Crippen molar-refractivity contribution in [3.05, 3.63) is 82.8 Å². The van der Waals surface area contributed by atoms with Gasteiger partial charge in [0.25, 0.3) is 15.9 Å². The number of hydrogen-bond donors (Lipinski definition) is 3. The number of nitrogens with one attached hydrogen (secondary N) is 3. The Morgan fingerprint density at radius 1 is 0.857 bits per heavy atom. The molecule has 1 amide bonds. The molecule has 0 saturated heterocycles. The van der Waals surface area contributed by atoms with Gasteiger partial charge in [-0.05, 0) is 82.3 Å². The fourth-order valence-corrected chi connectivity index (χ4v) is 4.27. The van der Waals surface area contributed by atoms with E-state index in [2.05, 4.69) is 30.5 Å². The van der Waals surface area contributed by atoms with Gasteiger partial charge in [0.15, 0.2) is 0 Å². The number of benzene rings is 2. The highest BCUT2D eigenvalue weighted by Gasteiger charge is 2.19. The first kappa shape index (κ1) is 23.9. The van der Waals surface area contributed by atoms with Gasteiger partial charge in [-0.3, -0.25) is 4.79 Å². The molecule has 2 aromatic carbocycles.